The Kier molecular flexibility index (Phi) is 7.35. The molecule has 0 saturated heterocycles. The Bertz CT molecular complexity index is 2900. The van der Waals surface area contributed by atoms with E-state index >= 15 is 0 Å². The van der Waals surface area contributed by atoms with Gasteiger partial charge in [0.2, 0.25) is 0 Å². The van der Waals surface area contributed by atoms with Gasteiger partial charge in [0.05, 0.1) is 5.69 Å². The summed E-state index contributed by atoms with van der Waals surface area (Å²) in [6.07, 6.45) is 0. The van der Waals surface area contributed by atoms with Crippen LogP contribution in [0.1, 0.15) is 36.1 Å². The van der Waals surface area contributed by atoms with Gasteiger partial charge in [-0.1, -0.05) is 147 Å². The van der Waals surface area contributed by atoms with Gasteiger partial charge < -0.3 is 4.90 Å². The fourth-order valence-electron chi connectivity index (χ4n) is 9.26. The van der Waals surface area contributed by atoms with Crippen LogP contribution in [0.4, 0.5) is 17.1 Å². The highest BCUT2D eigenvalue weighted by atomic mass is 15.1. The van der Waals surface area contributed by atoms with Gasteiger partial charge >= 0.3 is 0 Å². The average Bonchev–Trinajstić information content (AvgIpc) is 3.44. The lowest BCUT2D eigenvalue weighted by atomic mass is 9.82. The Morgan fingerprint density at radius 2 is 0.944 bits per heavy atom. The quantitative estimate of drug-likeness (QED) is 0.162. The second-order valence-corrected chi connectivity index (χ2v) is 15.5. The summed E-state index contributed by atoms with van der Waals surface area (Å²) >= 11 is 0. The minimum absolute atomic E-state index is 0.100. The summed E-state index contributed by atoms with van der Waals surface area (Å²) in [5, 5.41) is 7.66. The molecule has 9 aromatic carbocycles. The Hall–Kier alpha value is -6.44. The summed E-state index contributed by atoms with van der Waals surface area (Å²) in [6, 6.07) is 65.2. The smallest absolute Gasteiger partial charge is 0.0520 e. The van der Waals surface area contributed by atoms with Crippen LogP contribution in [0.25, 0.3) is 65.7 Å². The van der Waals surface area contributed by atoms with E-state index in [0.717, 1.165) is 5.69 Å². The maximum atomic E-state index is 2.49. The molecule has 54 heavy (non-hydrogen) atoms. The van der Waals surface area contributed by atoms with Crippen molar-refractivity contribution in [3.05, 3.63) is 198 Å². The average molecular weight is 692 g/mol. The molecule has 0 bridgehead atoms. The molecular weight excluding hydrogens is 651 g/mol. The monoisotopic (exact) mass is 691 g/mol. The SMILES string of the molecule is Cc1cc(-c2cc3ccccc3c3ccccc23)cc(C)c1N(c1ccc(-c2cccc3ccccc23)cc1)c1ccc2c(c1)C(C)(C)c1ccccc1-2. The zero-order valence-corrected chi connectivity index (χ0v) is 31.2. The molecule has 0 heterocycles. The van der Waals surface area contributed by atoms with Gasteiger partial charge in [-0.3, -0.25) is 0 Å². The van der Waals surface area contributed by atoms with Crippen LogP contribution >= 0.6 is 0 Å². The first kappa shape index (κ1) is 32.2. The van der Waals surface area contributed by atoms with Crippen molar-refractivity contribution in [1.29, 1.82) is 0 Å². The minimum Gasteiger partial charge on any atom is -0.310 e. The van der Waals surface area contributed by atoms with Crippen molar-refractivity contribution in [1.82, 2.24) is 0 Å². The minimum atomic E-state index is -0.100. The van der Waals surface area contributed by atoms with Gasteiger partial charge in [0.15, 0.2) is 0 Å². The Morgan fingerprint density at radius 3 is 1.72 bits per heavy atom. The van der Waals surface area contributed by atoms with E-state index in [1.807, 2.05) is 0 Å². The van der Waals surface area contributed by atoms with E-state index in [2.05, 4.69) is 209 Å². The highest BCUT2D eigenvalue weighted by Gasteiger charge is 2.36. The second kappa shape index (κ2) is 12.3. The molecule has 1 nitrogen and oxygen atoms in total. The van der Waals surface area contributed by atoms with Crippen LogP contribution < -0.4 is 4.90 Å². The first-order valence-corrected chi connectivity index (χ1v) is 19.0. The van der Waals surface area contributed by atoms with E-state index in [-0.39, 0.29) is 5.41 Å². The van der Waals surface area contributed by atoms with E-state index in [4.69, 9.17) is 0 Å². The largest absolute Gasteiger partial charge is 0.310 e. The molecule has 0 fully saturated rings. The fraction of sp³-hybridized carbons (Fsp3) is 0.0943. The van der Waals surface area contributed by atoms with Crippen LogP contribution in [0.15, 0.2) is 176 Å². The van der Waals surface area contributed by atoms with Crippen molar-refractivity contribution in [2.24, 2.45) is 0 Å². The number of hydrogen-bond donors (Lipinski definition) is 0. The number of aryl methyl sites for hydroxylation is 2. The van der Waals surface area contributed by atoms with Crippen LogP contribution in [0, 0.1) is 13.8 Å². The number of rotatable bonds is 5. The summed E-state index contributed by atoms with van der Waals surface area (Å²) in [5.74, 6) is 0. The van der Waals surface area contributed by atoms with Gasteiger partial charge in [-0.15, -0.1) is 0 Å². The summed E-state index contributed by atoms with van der Waals surface area (Å²) in [4.78, 5) is 2.49. The zero-order valence-electron chi connectivity index (χ0n) is 31.2. The number of anilines is 3. The van der Waals surface area contributed by atoms with E-state index < -0.39 is 0 Å². The lowest BCUT2D eigenvalue weighted by Gasteiger charge is -2.31. The maximum Gasteiger partial charge on any atom is 0.0520 e. The molecule has 0 saturated carbocycles. The van der Waals surface area contributed by atoms with Crippen LogP contribution in [0.3, 0.4) is 0 Å². The summed E-state index contributed by atoms with van der Waals surface area (Å²) in [7, 11) is 0. The van der Waals surface area contributed by atoms with Gasteiger partial charge in [0.25, 0.3) is 0 Å². The van der Waals surface area contributed by atoms with Gasteiger partial charge in [0, 0.05) is 16.8 Å². The molecule has 258 valence electrons. The van der Waals surface area contributed by atoms with Crippen molar-refractivity contribution in [3.63, 3.8) is 0 Å². The summed E-state index contributed by atoms with van der Waals surface area (Å²) in [5.41, 5.74) is 16.3. The highest BCUT2D eigenvalue weighted by molar-refractivity contribution is 6.14. The number of nitrogens with zero attached hydrogens (tertiary/aromatic N) is 1. The molecule has 10 rings (SSSR count). The van der Waals surface area contributed by atoms with E-state index in [0.29, 0.717) is 0 Å². The molecule has 1 aliphatic carbocycles. The van der Waals surface area contributed by atoms with Crippen molar-refractivity contribution in [2.45, 2.75) is 33.1 Å². The standard InChI is InChI=1S/C53H41N/c1-34-30-39(49-32-38-15-6-8-18-44(38)45-19-9-10-20-46(45)49)31-35(2)52(34)54(41-28-29-48-47-21-11-12-23-50(47)53(3,4)51(48)33-41)40-26-24-37(25-27-40)43-22-13-16-36-14-5-7-17-42(36)43/h5-33H,1-4H3. The Labute approximate surface area is 317 Å². The lowest BCUT2D eigenvalue weighted by Crippen LogP contribution is -2.17. The summed E-state index contributed by atoms with van der Waals surface area (Å²) in [6.45, 7) is 9.29. The second-order valence-electron chi connectivity index (χ2n) is 15.5. The first-order valence-electron chi connectivity index (χ1n) is 19.0. The molecule has 1 aliphatic rings. The predicted molar refractivity (Wildman–Crippen MR) is 232 cm³/mol. The molecule has 0 unspecified atom stereocenters. The molecule has 0 N–H and O–H groups in total. The first-order chi connectivity index (χ1) is 26.4. The lowest BCUT2D eigenvalue weighted by molar-refractivity contribution is 0.660. The third-order valence-electron chi connectivity index (χ3n) is 11.8. The van der Waals surface area contributed by atoms with Gasteiger partial charge in [-0.25, -0.2) is 0 Å². The molecule has 9 aromatic rings. The van der Waals surface area contributed by atoms with Crippen LogP contribution in [0.2, 0.25) is 0 Å². The number of fused-ring (bicyclic) bond motifs is 7. The van der Waals surface area contributed by atoms with Crippen molar-refractivity contribution in [3.8, 4) is 33.4 Å². The van der Waals surface area contributed by atoms with Gasteiger partial charge in [-0.2, -0.15) is 0 Å². The van der Waals surface area contributed by atoms with E-state index in [1.165, 1.54) is 99.3 Å². The van der Waals surface area contributed by atoms with Crippen LogP contribution in [0.5, 0.6) is 0 Å². The van der Waals surface area contributed by atoms with Gasteiger partial charge in [0.1, 0.15) is 0 Å². The topological polar surface area (TPSA) is 3.24 Å². The third kappa shape index (κ3) is 5.00. The molecule has 0 radical (unpaired) electrons. The number of benzene rings is 9. The Morgan fingerprint density at radius 1 is 0.370 bits per heavy atom. The molecule has 1 heteroatoms. The third-order valence-corrected chi connectivity index (χ3v) is 11.8. The molecule has 0 atom stereocenters. The molecular formula is C53H41N. The van der Waals surface area contributed by atoms with Crippen molar-refractivity contribution >= 4 is 49.4 Å². The molecule has 0 amide bonds. The van der Waals surface area contributed by atoms with Crippen molar-refractivity contribution < 1.29 is 0 Å². The van der Waals surface area contributed by atoms with E-state index in [1.54, 1.807) is 0 Å². The molecule has 0 spiro atoms. The van der Waals surface area contributed by atoms with Crippen molar-refractivity contribution in [2.75, 3.05) is 4.90 Å². The zero-order chi connectivity index (χ0) is 36.6. The number of hydrogen-bond acceptors (Lipinski definition) is 1. The summed E-state index contributed by atoms with van der Waals surface area (Å²) < 4.78 is 0. The van der Waals surface area contributed by atoms with Crippen LogP contribution in [-0.4, -0.2) is 0 Å². The predicted octanol–water partition coefficient (Wildman–Crippen LogP) is 14.9. The Balaban J connectivity index is 1.15. The van der Waals surface area contributed by atoms with Crippen LogP contribution in [-0.2, 0) is 5.41 Å². The molecule has 0 aliphatic heterocycles. The normalized spacial score (nSPS) is 13.0. The van der Waals surface area contributed by atoms with Gasteiger partial charge in [-0.05, 0) is 144 Å². The van der Waals surface area contributed by atoms with E-state index in [9.17, 15) is 0 Å². The molecule has 0 aromatic heterocycles. The fourth-order valence-corrected chi connectivity index (χ4v) is 9.26. The maximum absolute atomic E-state index is 2.49. The highest BCUT2D eigenvalue weighted by Crippen LogP contribution is 2.51.